The number of rotatable bonds is 5. The molecular formula is C13H17N5OS2. The zero-order valence-electron chi connectivity index (χ0n) is 11.8. The van der Waals surface area contributed by atoms with Gasteiger partial charge in [-0.3, -0.25) is 5.43 Å². The van der Waals surface area contributed by atoms with Crippen molar-refractivity contribution in [3.05, 3.63) is 35.9 Å². The highest BCUT2D eigenvalue weighted by Gasteiger charge is 2.01. The van der Waals surface area contributed by atoms with E-state index in [1.807, 2.05) is 37.3 Å². The molecule has 0 saturated heterocycles. The van der Waals surface area contributed by atoms with Crippen molar-refractivity contribution in [2.75, 3.05) is 13.7 Å². The Morgan fingerprint density at radius 1 is 1.24 bits per heavy atom. The first kappa shape index (κ1) is 17.0. The molecular weight excluding hydrogens is 306 g/mol. The predicted octanol–water partition coefficient (Wildman–Crippen LogP) is 1.38. The first-order chi connectivity index (χ1) is 10.2. The molecule has 0 atom stereocenters. The molecule has 3 N–H and O–H groups in total. The number of hydrazone groups is 2. The van der Waals surface area contributed by atoms with Gasteiger partial charge in [-0.05, 0) is 31.4 Å². The molecule has 0 spiro atoms. The van der Waals surface area contributed by atoms with E-state index in [1.165, 1.54) is 6.21 Å². The maximum Gasteiger partial charge on any atom is 0.277 e. The Labute approximate surface area is 134 Å². The molecule has 8 heteroatoms. The topological polar surface area (TPSA) is 70.0 Å². The van der Waals surface area contributed by atoms with Gasteiger partial charge in [-0.15, -0.1) is 0 Å². The minimum absolute atomic E-state index is 0.208. The van der Waals surface area contributed by atoms with Crippen LogP contribution in [0.3, 0.4) is 0 Å². The minimum atomic E-state index is 0.208. The van der Waals surface area contributed by atoms with Gasteiger partial charge in [0.15, 0.2) is 5.11 Å². The molecule has 1 rings (SSSR count). The zero-order chi connectivity index (χ0) is 15.5. The monoisotopic (exact) mass is 323 g/mol. The van der Waals surface area contributed by atoms with Gasteiger partial charge in [-0.2, -0.15) is 10.2 Å². The van der Waals surface area contributed by atoms with Crippen molar-refractivity contribution in [1.29, 1.82) is 0 Å². The molecule has 0 fully saturated rings. The molecule has 0 unspecified atom stereocenters. The summed E-state index contributed by atoms with van der Waals surface area (Å²) in [7, 11) is 1.71. The predicted molar refractivity (Wildman–Crippen MR) is 93.6 cm³/mol. The highest BCUT2D eigenvalue weighted by atomic mass is 32.1. The van der Waals surface area contributed by atoms with Gasteiger partial charge in [-0.25, -0.2) is 5.43 Å². The number of nitrogens with one attached hydrogen (secondary N) is 3. The molecule has 0 aliphatic carbocycles. The molecule has 0 aliphatic rings. The first-order valence-electron chi connectivity index (χ1n) is 6.24. The number of benzene rings is 1. The molecule has 112 valence electrons. The van der Waals surface area contributed by atoms with Crippen LogP contribution in [0.4, 0.5) is 0 Å². The number of hydrogen-bond donors (Lipinski definition) is 3. The fourth-order valence-electron chi connectivity index (χ4n) is 1.25. The Balaban J connectivity index is 2.80. The van der Waals surface area contributed by atoms with E-state index in [2.05, 4.69) is 26.4 Å². The van der Waals surface area contributed by atoms with Gasteiger partial charge in [0, 0.05) is 12.6 Å². The third kappa shape index (κ3) is 6.77. The molecule has 0 amide bonds. The summed E-state index contributed by atoms with van der Waals surface area (Å²) in [6.45, 7) is 2.33. The molecule has 0 aliphatic heterocycles. The van der Waals surface area contributed by atoms with Gasteiger partial charge in [0.05, 0.1) is 12.8 Å². The third-order valence-corrected chi connectivity index (χ3v) is 2.70. The van der Waals surface area contributed by atoms with E-state index in [0.717, 1.165) is 5.56 Å². The lowest BCUT2D eigenvalue weighted by atomic mass is 10.1. The van der Waals surface area contributed by atoms with E-state index < -0.39 is 0 Å². The molecule has 1 aromatic carbocycles. The van der Waals surface area contributed by atoms with Crippen molar-refractivity contribution in [2.24, 2.45) is 10.2 Å². The SMILES string of the molecule is CCOC(=S)N/N=C/C(=N/NC(=S)NC)c1ccccc1. The molecule has 0 heterocycles. The standard InChI is InChI=1S/C13H17N5OS2/c1-3-19-13(21)18-15-9-11(16-17-12(20)14-2)10-7-5-4-6-8-10/h4-9H,3H2,1-2H3,(H,18,21)(H2,14,17,20)/b15-9+,16-11-. The minimum Gasteiger partial charge on any atom is -0.470 e. The van der Waals surface area contributed by atoms with Crippen LogP contribution in [0.1, 0.15) is 12.5 Å². The fourth-order valence-corrected chi connectivity index (χ4v) is 1.47. The third-order valence-electron chi connectivity index (χ3n) is 2.19. The number of thiocarbonyl (C=S) groups is 2. The van der Waals surface area contributed by atoms with E-state index in [4.69, 9.17) is 29.2 Å². The second-order valence-electron chi connectivity index (χ2n) is 3.64. The fraction of sp³-hybridized carbons (Fsp3) is 0.231. The molecule has 21 heavy (non-hydrogen) atoms. The molecule has 0 bridgehead atoms. The maximum atomic E-state index is 5.07. The summed E-state index contributed by atoms with van der Waals surface area (Å²) in [5, 5.41) is 11.6. The van der Waals surface area contributed by atoms with Crippen LogP contribution in [0.25, 0.3) is 0 Å². The van der Waals surface area contributed by atoms with Crippen molar-refractivity contribution in [1.82, 2.24) is 16.2 Å². The van der Waals surface area contributed by atoms with Gasteiger partial charge in [0.25, 0.3) is 5.17 Å². The normalized spacial score (nSPS) is 11.0. The van der Waals surface area contributed by atoms with E-state index in [1.54, 1.807) is 7.05 Å². The Morgan fingerprint density at radius 2 is 1.95 bits per heavy atom. The summed E-state index contributed by atoms with van der Waals surface area (Å²) in [6, 6.07) is 9.57. The van der Waals surface area contributed by atoms with E-state index in [0.29, 0.717) is 17.4 Å². The molecule has 0 saturated carbocycles. The lowest BCUT2D eigenvalue weighted by molar-refractivity contribution is 0.321. The summed E-state index contributed by atoms with van der Waals surface area (Å²) < 4.78 is 5.07. The Kier molecular flexibility index (Phi) is 7.92. The Morgan fingerprint density at radius 3 is 2.57 bits per heavy atom. The number of ether oxygens (including phenoxy) is 1. The van der Waals surface area contributed by atoms with Gasteiger partial charge >= 0.3 is 0 Å². The van der Waals surface area contributed by atoms with Crippen molar-refractivity contribution in [2.45, 2.75) is 6.92 Å². The second-order valence-corrected chi connectivity index (χ2v) is 4.42. The quantitative estimate of drug-likeness (QED) is 0.432. The van der Waals surface area contributed by atoms with Crippen LogP contribution in [0.2, 0.25) is 0 Å². The van der Waals surface area contributed by atoms with Crippen LogP contribution in [0.5, 0.6) is 0 Å². The van der Waals surface area contributed by atoms with Crippen LogP contribution in [0, 0.1) is 0 Å². The first-order valence-corrected chi connectivity index (χ1v) is 7.05. The summed E-state index contributed by atoms with van der Waals surface area (Å²) >= 11 is 9.90. The zero-order valence-corrected chi connectivity index (χ0v) is 13.4. The van der Waals surface area contributed by atoms with Gasteiger partial charge < -0.3 is 10.1 Å². The second kappa shape index (κ2) is 9.78. The van der Waals surface area contributed by atoms with Crippen molar-refractivity contribution >= 4 is 46.6 Å². The Hall–Kier alpha value is -2.06. The van der Waals surface area contributed by atoms with Crippen molar-refractivity contribution in [3.63, 3.8) is 0 Å². The number of hydrogen-bond acceptors (Lipinski definition) is 5. The maximum absolute atomic E-state index is 5.07. The van der Waals surface area contributed by atoms with Gasteiger partial charge in [0.2, 0.25) is 0 Å². The Bertz CT molecular complexity index is 531. The number of nitrogens with zero attached hydrogens (tertiary/aromatic N) is 2. The van der Waals surface area contributed by atoms with Crippen LogP contribution in [0.15, 0.2) is 40.5 Å². The lowest BCUT2D eigenvalue weighted by Gasteiger charge is -2.05. The smallest absolute Gasteiger partial charge is 0.277 e. The van der Waals surface area contributed by atoms with Crippen LogP contribution < -0.4 is 16.2 Å². The van der Waals surface area contributed by atoms with Crippen LogP contribution in [-0.4, -0.2) is 35.9 Å². The van der Waals surface area contributed by atoms with E-state index in [9.17, 15) is 0 Å². The van der Waals surface area contributed by atoms with Crippen molar-refractivity contribution < 1.29 is 4.74 Å². The highest BCUT2D eigenvalue weighted by Crippen LogP contribution is 1.99. The van der Waals surface area contributed by atoms with E-state index >= 15 is 0 Å². The highest BCUT2D eigenvalue weighted by molar-refractivity contribution is 7.80. The molecule has 1 aromatic rings. The van der Waals surface area contributed by atoms with Crippen LogP contribution in [-0.2, 0) is 4.74 Å². The van der Waals surface area contributed by atoms with Crippen molar-refractivity contribution in [3.8, 4) is 0 Å². The molecule has 6 nitrogen and oxygen atoms in total. The summed E-state index contributed by atoms with van der Waals surface area (Å²) in [6.07, 6.45) is 1.53. The van der Waals surface area contributed by atoms with Gasteiger partial charge in [0.1, 0.15) is 5.71 Å². The van der Waals surface area contributed by atoms with Gasteiger partial charge in [-0.1, -0.05) is 30.3 Å². The molecule has 0 aromatic heterocycles. The summed E-state index contributed by atoms with van der Waals surface area (Å²) in [4.78, 5) is 0. The lowest BCUT2D eigenvalue weighted by Crippen LogP contribution is -2.30. The van der Waals surface area contributed by atoms with E-state index in [-0.39, 0.29) is 5.17 Å². The summed E-state index contributed by atoms with van der Waals surface area (Å²) in [5.74, 6) is 0. The van der Waals surface area contributed by atoms with Crippen LogP contribution >= 0.6 is 24.4 Å². The largest absolute Gasteiger partial charge is 0.470 e. The average Bonchev–Trinajstić information content (AvgIpc) is 2.51. The summed E-state index contributed by atoms with van der Waals surface area (Å²) in [5.41, 5.74) is 6.81. The average molecular weight is 323 g/mol. The molecule has 0 radical (unpaired) electrons.